The molecule has 2 amide bonds. The first-order valence-electron chi connectivity index (χ1n) is 21.2. The van der Waals surface area contributed by atoms with Gasteiger partial charge in [-0.3, -0.25) is 9.59 Å². The number of nitrogens with zero attached hydrogens (tertiary/aromatic N) is 2. The molecule has 1 fully saturated rings. The van der Waals surface area contributed by atoms with Crippen LogP contribution in [-0.4, -0.2) is 49.0 Å². The van der Waals surface area contributed by atoms with Gasteiger partial charge >= 0.3 is 0 Å². The Morgan fingerprint density at radius 1 is 0.646 bits per heavy atom. The molecule has 0 radical (unpaired) electrons. The van der Waals surface area contributed by atoms with E-state index in [1.807, 2.05) is 24.0 Å². The lowest BCUT2D eigenvalue weighted by Gasteiger charge is -2.22. The molecule has 8 nitrogen and oxygen atoms in total. The molecule has 5 aromatic rings. The van der Waals surface area contributed by atoms with Gasteiger partial charge in [-0.1, -0.05) is 94.9 Å². The number of hydrogen-bond donors (Lipinski definition) is 1. The lowest BCUT2D eigenvalue weighted by atomic mass is 10.0. The fourth-order valence-corrected chi connectivity index (χ4v) is 13.3. The number of ether oxygens (including phenoxy) is 1. The lowest BCUT2D eigenvalue weighted by Crippen LogP contribution is -2.30. The normalized spacial score (nSPS) is 18.6. The number of sulfone groups is 1. The SMILES string of the molecule is C[C@@H]1NCc2c(I)cccc21.C[C@H]1c2cccc(I)c2CN1C(=O)Cc1c(Cl)cccc1Cl.C[C@H]1c2cccc(S(=O)(=O)CC3CCOCC3)c2CN1C(=O)Cc1c(Cl)cccc1Cl.Cl. The van der Waals surface area contributed by atoms with Crippen molar-refractivity contribution in [2.24, 2.45) is 5.92 Å². The Labute approximate surface area is 436 Å². The molecule has 3 atom stereocenters. The molecule has 16 heteroatoms. The van der Waals surface area contributed by atoms with E-state index in [-0.39, 0.29) is 67.4 Å². The van der Waals surface area contributed by atoms with Gasteiger partial charge in [-0.25, -0.2) is 8.42 Å². The van der Waals surface area contributed by atoms with Crippen LogP contribution < -0.4 is 5.32 Å². The van der Waals surface area contributed by atoms with E-state index >= 15 is 0 Å². The highest BCUT2D eigenvalue weighted by Gasteiger charge is 2.36. The molecule has 65 heavy (non-hydrogen) atoms. The van der Waals surface area contributed by atoms with Crippen LogP contribution in [0.25, 0.3) is 0 Å². The van der Waals surface area contributed by atoms with E-state index < -0.39 is 9.84 Å². The van der Waals surface area contributed by atoms with Crippen molar-refractivity contribution < 1.29 is 22.7 Å². The third-order valence-corrected chi connectivity index (χ3v) is 18.0. The van der Waals surface area contributed by atoms with E-state index in [2.05, 4.69) is 94.7 Å². The minimum absolute atomic E-state index is 0. The van der Waals surface area contributed by atoms with Crippen molar-refractivity contribution in [1.82, 2.24) is 15.1 Å². The number of nitrogens with one attached hydrogen (secondary N) is 1. The second-order valence-corrected chi connectivity index (χ2v) is 22.5. The molecule has 9 rings (SSSR count). The van der Waals surface area contributed by atoms with Crippen molar-refractivity contribution in [1.29, 1.82) is 0 Å². The quantitative estimate of drug-likeness (QED) is 0.163. The second kappa shape index (κ2) is 23.0. The van der Waals surface area contributed by atoms with Crippen LogP contribution in [0.3, 0.4) is 0 Å². The molecule has 0 unspecified atom stereocenters. The predicted molar refractivity (Wildman–Crippen MR) is 281 cm³/mol. The first-order chi connectivity index (χ1) is 30.5. The standard InChI is InChI=1S/C23H25Cl2NO4S.C17H14Cl2INO.C9H10IN.ClH/c1-15-17-4-2-7-22(31(28,29)14-16-8-10-30-11-9-16)19(17)13-26(15)23(27)12-18-20(24)5-3-6-21(18)25;1-10-11-4-2-7-16(20)13(11)9-21(10)17(22)8-12-14(18)5-3-6-15(12)19;1-6-7-3-2-4-9(10)8(7)5-11-6;/h2-7,15-16H,8-14H2,1H3;2-7,10H,8-9H2,1H3;2-4,6,11H,5H2,1H3;1H/t15-;10-;6-;/m000./s1. The lowest BCUT2D eigenvalue weighted by molar-refractivity contribution is -0.133. The zero-order chi connectivity index (χ0) is 45.9. The van der Waals surface area contributed by atoms with Crippen molar-refractivity contribution >= 4 is 126 Å². The topological polar surface area (TPSA) is 96.0 Å². The molecule has 4 heterocycles. The minimum atomic E-state index is -3.47. The van der Waals surface area contributed by atoms with Crippen LogP contribution in [0.4, 0.5) is 0 Å². The number of amides is 2. The molecule has 0 bridgehead atoms. The highest BCUT2D eigenvalue weighted by atomic mass is 127. The zero-order valence-corrected chi connectivity index (χ0v) is 45.0. The van der Waals surface area contributed by atoms with Crippen LogP contribution >= 0.6 is 104 Å². The average molecular weight is 1220 g/mol. The Hall–Kier alpha value is -2.18. The summed E-state index contributed by atoms with van der Waals surface area (Å²) in [5.41, 5.74) is 8.32. The molecule has 1 saturated heterocycles. The van der Waals surface area contributed by atoms with Gasteiger partial charge in [0.15, 0.2) is 9.84 Å². The number of rotatable bonds is 7. The van der Waals surface area contributed by atoms with Gasteiger partial charge in [0.1, 0.15) is 0 Å². The average Bonchev–Trinajstić information content (AvgIpc) is 3.94. The summed E-state index contributed by atoms with van der Waals surface area (Å²) in [6.07, 6.45) is 1.82. The van der Waals surface area contributed by atoms with Gasteiger partial charge in [0.2, 0.25) is 11.8 Å². The molecule has 4 aliphatic rings. The summed E-state index contributed by atoms with van der Waals surface area (Å²) in [6.45, 7) is 9.36. The van der Waals surface area contributed by atoms with Crippen molar-refractivity contribution in [3.05, 3.63) is 163 Å². The third kappa shape index (κ3) is 12.0. The van der Waals surface area contributed by atoms with Crippen molar-refractivity contribution in [2.45, 2.75) is 89.1 Å². The highest BCUT2D eigenvalue weighted by molar-refractivity contribution is 14.1. The Kier molecular flexibility index (Phi) is 18.4. The molecule has 0 saturated carbocycles. The minimum Gasteiger partial charge on any atom is -0.381 e. The smallest absolute Gasteiger partial charge is 0.227 e. The summed E-state index contributed by atoms with van der Waals surface area (Å²) in [5.74, 6) is 0.138. The number of benzene rings is 5. The number of carbonyl (C=O) groups is 2. The van der Waals surface area contributed by atoms with Crippen LogP contribution in [-0.2, 0) is 56.6 Å². The summed E-state index contributed by atoms with van der Waals surface area (Å²) in [7, 11) is -3.47. The molecular formula is C49H50Cl5I2N3O5S. The van der Waals surface area contributed by atoms with Gasteiger partial charge in [-0.05, 0) is 172 Å². The van der Waals surface area contributed by atoms with Gasteiger partial charge in [0, 0.05) is 66.1 Å². The van der Waals surface area contributed by atoms with E-state index in [1.165, 1.54) is 29.4 Å². The first kappa shape index (κ1) is 52.2. The largest absolute Gasteiger partial charge is 0.381 e. The summed E-state index contributed by atoms with van der Waals surface area (Å²) >= 11 is 29.5. The summed E-state index contributed by atoms with van der Waals surface area (Å²) in [5, 5.41) is 5.40. The molecule has 346 valence electrons. The van der Waals surface area contributed by atoms with Gasteiger partial charge in [-0.2, -0.15) is 0 Å². The molecule has 0 aromatic heterocycles. The molecule has 5 aromatic carbocycles. The van der Waals surface area contributed by atoms with E-state index in [0.29, 0.717) is 61.9 Å². The Morgan fingerprint density at radius 3 is 1.57 bits per heavy atom. The Morgan fingerprint density at radius 2 is 1.08 bits per heavy atom. The van der Waals surface area contributed by atoms with Gasteiger partial charge in [0.25, 0.3) is 0 Å². The van der Waals surface area contributed by atoms with Crippen LogP contribution in [0.1, 0.15) is 96.2 Å². The van der Waals surface area contributed by atoms with Crippen LogP contribution in [0.5, 0.6) is 0 Å². The van der Waals surface area contributed by atoms with E-state index in [1.54, 1.807) is 53.4 Å². The zero-order valence-electron chi connectivity index (χ0n) is 36.1. The third-order valence-electron chi connectivity index (χ3n) is 12.6. The fraction of sp³-hybridized carbons (Fsp3) is 0.347. The highest BCUT2D eigenvalue weighted by Crippen LogP contribution is 2.40. The number of carbonyl (C=O) groups excluding carboxylic acids is 2. The maximum atomic E-state index is 13.2. The Bertz CT molecular complexity index is 2630. The number of hydrogen-bond acceptors (Lipinski definition) is 6. The predicted octanol–water partition coefficient (Wildman–Crippen LogP) is 13.0. The fourth-order valence-electron chi connectivity index (χ4n) is 8.88. The Balaban J connectivity index is 0.000000178. The van der Waals surface area contributed by atoms with Gasteiger partial charge in [0.05, 0.1) is 35.6 Å². The van der Waals surface area contributed by atoms with E-state index in [4.69, 9.17) is 51.1 Å². The number of fused-ring (bicyclic) bond motifs is 3. The van der Waals surface area contributed by atoms with Crippen LogP contribution in [0.2, 0.25) is 20.1 Å². The summed E-state index contributed by atoms with van der Waals surface area (Å²) < 4.78 is 34.4. The van der Waals surface area contributed by atoms with Crippen molar-refractivity contribution in [3.63, 3.8) is 0 Å². The molecular weight excluding hydrogens is 1170 g/mol. The molecule has 0 spiro atoms. The van der Waals surface area contributed by atoms with Crippen LogP contribution in [0.15, 0.2) is 95.9 Å². The second-order valence-electron chi connectivity index (χ2n) is 16.5. The van der Waals surface area contributed by atoms with Crippen molar-refractivity contribution in [3.8, 4) is 0 Å². The van der Waals surface area contributed by atoms with E-state index in [0.717, 1.165) is 30.5 Å². The maximum absolute atomic E-state index is 13.2. The molecule has 0 aliphatic carbocycles. The van der Waals surface area contributed by atoms with Crippen molar-refractivity contribution in [2.75, 3.05) is 19.0 Å². The molecule has 4 aliphatic heterocycles. The maximum Gasteiger partial charge on any atom is 0.227 e. The first-order valence-corrected chi connectivity index (χ1v) is 26.5. The monoisotopic (exact) mass is 1220 g/mol. The van der Waals surface area contributed by atoms with Gasteiger partial charge in [-0.15, -0.1) is 12.4 Å². The number of halogens is 7. The van der Waals surface area contributed by atoms with Crippen LogP contribution in [0, 0.1) is 13.1 Å². The summed E-state index contributed by atoms with van der Waals surface area (Å²) in [6, 6.07) is 28.9. The molecule has 1 N–H and O–H groups in total. The van der Waals surface area contributed by atoms with Gasteiger partial charge < -0.3 is 19.9 Å². The summed E-state index contributed by atoms with van der Waals surface area (Å²) in [4.78, 5) is 29.8. The van der Waals surface area contributed by atoms with E-state index in [9.17, 15) is 18.0 Å².